The van der Waals surface area contributed by atoms with E-state index >= 15 is 0 Å². The van der Waals surface area contributed by atoms with E-state index in [1.807, 2.05) is 12.1 Å². The number of hydrogen-bond donors (Lipinski definition) is 0. The van der Waals surface area contributed by atoms with E-state index in [0.29, 0.717) is 12.2 Å². The van der Waals surface area contributed by atoms with E-state index in [0.717, 1.165) is 18.6 Å². The summed E-state index contributed by atoms with van der Waals surface area (Å²) < 4.78 is 6.26. The lowest BCUT2D eigenvalue weighted by molar-refractivity contribution is -0.154. The molecule has 108 valence electrons. The molecule has 0 heterocycles. The molecule has 20 heavy (non-hydrogen) atoms. The van der Waals surface area contributed by atoms with Gasteiger partial charge in [-0.1, -0.05) is 37.8 Å². The summed E-state index contributed by atoms with van der Waals surface area (Å²) in [7, 11) is 0. The molecule has 2 heteroatoms. The van der Waals surface area contributed by atoms with Crippen molar-refractivity contribution in [2.45, 2.75) is 64.9 Å². The van der Waals surface area contributed by atoms with Crippen LogP contribution in [0, 0.1) is 19.3 Å². The number of aryl methyl sites for hydroxylation is 1. The SMILES string of the molecule is Cc1cccc(OC2CC(=O)C23CCCCCC3)c1C. The topological polar surface area (TPSA) is 26.3 Å². The Hall–Kier alpha value is -1.31. The van der Waals surface area contributed by atoms with Gasteiger partial charge in [0.05, 0.1) is 5.41 Å². The monoisotopic (exact) mass is 272 g/mol. The molecule has 0 radical (unpaired) electrons. The van der Waals surface area contributed by atoms with Gasteiger partial charge in [-0.25, -0.2) is 0 Å². The van der Waals surface area contributed by atoms with Crippen LogP contribution in [0.5, 0.6) is 5.75 Å². The molecule has 1 aromatic rings. The summed E-state index contributed by atoms with van der Waals surface area (Å²) in [5.41, 5.74) is 2.30. The van der Waals surface area contributed by atoms with Crippen molar-refractivity contribution in [3.8, 4) is 5.75 Å². The molecular weight excluding hydrogens is 248 g/mol. The minimum absolute atomic E-state index is 0.105. The van der Waals surface area contributed by atoms with E-state index < -0.39 is 0 Å². The summed E-state index contributed by atoms with van der Waals surface area (Å²) in [6.45, 7) is 4.21. The van der Waals surface area contributed by atoms with Gasteiger partial charge in [-0.15, -0.1) is 0 Å². The Bertz CT molecular complexity index is 510. The Morgan fingerprint density at radius 1 is 1.10 bits per heavy atom. The fraction of sp³-hybridized carbons (Fsp3) is 0.611. The predicted octanol–water partition coefficient (Wildman–Crippen LogP) is 4.36. The van der Waals surface area contributed by atoms with Gasteiger partial charge >= 0.3 is 0 Å². The molecule has 2 aliphatic carbocycles. The minimum atomic E-state index is -0.160. The Balaban J connectivity index is 1.80. The maximum Gasteiger partial charge on any atom is 0.146 e. The van der Waals surface area contributed by atoms with Crippen LogP contribution in [0.4, 0.5) is 0 Å². The first-order valence-corrected chi connectivity index (χ1v) is 7.90. The molecule has 1 spiro atoms. The van der Waals surface area contributed by atoms with Crippen molar-refractivity contribution in [2.75, 3.05) is 0 Å². The molecule has 2 saturated carbocycles. The molecule has 2 nitrogen and oxygen atoms in total. The van der Waals surface area contributed by atoms with Crippen LogP contribution >= 0.6 is 0 Å². The average molecular weight is 272 g/mol. The van der Waals surface area contributed by atoms with Crippen LogP contribution in [0.1, 0.15) is 56.1 Å². The molecular formula is C18H24O2. The molecule has 3 rings (SSSR count). The standard InChI is InChI=1S/C18H24O2/c1-13-8-7-9-15(14(13)2)20-17-12-16(19)18(17)10-5-3-4-6-11-18/h7-9,17H,3-6,10-12H2,1-2H3. The van der Waals surface area contributed by atoms with E-state index in [2.05, 4.69) is 19.9 Å². The Morgan fingerprint density at radius 3 is 2.45 bits per heavy atom. The number of Topliss-reactive ketones (excluding diaryl/α,β-unsaturated/α-hetero) is 1. The van der Waals surface area contributed by atoms with E-state index in [1.165, 1.54) is 36.8 Å². The van der Waals surface area contributed by atoms with E-state index in [-0.39, 0.29) is 11.5 Å². The normalized spacial score (nSPS) is 25.1. The second kappa shape index (κ2) is 5.23. The Labute approximate surface area is 121 Å². The molecule has 0 N–H and O–H groups in total. The third-order valence-electron chi connectivity index (χ3n) is 5.36. The van der Waals surface area contributed by atoms with Crippen molar-refractivity contribution in [1.82, 2.24) is 0 Å². The third-order valence-corrected chi connectivity index (χ3v) is 5.36. The molecule has 0 bridgehead atoms. The van der Waals surface area contributed by atoms with Crippen molar-refractivity contribution < 1.29 is 9.53 Å². The quantitative estimate of drug-likeness (QED) is 0.799. The van der Waals surface area contributed by atoms with Gasteiger partial charge in [0.1, 0.15) is 17.6 Å². The van der Waals surface area contributed by atoms with E-state index in [4.69, 9.17) is 4.74 Å². The first-order valence-electron chi connectivity index (χ1n) is 7.90. The number of ether oxygens (including phenoxy) is 1. The zero-order valence-electron chi connectivity index (χ0n) is 12.6. The Morgan fingerprint density at radius 2 is 1.80 bits per heavy atom. The van der Waals surface area contributed by atoms with Crippen LogP contribution in [0.3, 0.4) is 0 Å². The summed E-state index contributed by atoms with van der Waals surface area (Å²) in [5, 5.41) is 0. The highest BCUT2D eigenvalue weighted by Crippen LogP contribution is 2.49. The molecule has 1 aromatic carbocycles. The molecule has 0 amide bonds. The summed E-state index contributed by atoms with van der Waals surface area (Å²) in [6, 6.07) is 6.18. The number of carbonyl (C=O) groups excluding carboxylic acids is 1. The number of ketones is 1. The van der Waals surface area contributed by atoms with Crippen molar-refractivity contribution in [3.05, 3.63) is 29.3 Å². The number of carbonyl (C=O) groups is 1. The average Bonchev–Trinajstić information content (AvgIpc) is 2.71. The fourth-order valence-electron chi connectivity index (χ4n) is 3.74. The molecule has 1 atom stereocenters. The van der Waals surface area contributed by atoms with Gasteiger partial charge in [-0.05, 0) is 43.9 Å². The van der Waals surface area contributed by atoms with Crippen LogP contribution in [-0.2, 0) is 4.79 Å². The van der Waals surface area contributed by atoms with Gasteiger partial charge in [0, 0.05) is 6.42 Å². The minimum Gasteiger partial charge on any atom is -0.489 e. The van der Waals surface area contributed by atoms with Gasteiger partial charge in [-0.3, -0.25) is 4.79 Å². The summed E-state index contributed by atoms with van der Waals surface area (Å²) in [4.78, 5) is 12.2. The maximum absolute atomic E-state index is 12.2. The molecule has 0 aromatic heterocycles. The van der Waals surface area contributed by atoms with Crippen LogP contribution in [-0.4, -0.2) is 11.9 Å². The van der Waals surface area contributed by atoms with Crippen LogP contribution in [0.2, 0.25) is 0 Å². The lowest BCUT2D eigenvalue weighted by Gasteiger charge is -2.47. The molecule has 1 unspecified atom stereocenters. The van der Waals surface area contributed by atoms with Gasteiger partial charge in [0.2, 0.25) is 0 Å². The fourth-order valence-corrected chi connectivity index (χ4v) is 3.74. The van der Waals surface area contributed by atoms with Crippen molar-refractivity contribution in [1.29, 1.82) is 0 Å². The third kappa shape index (κ3) is 2.15. The number of benzene rings is 1. The lowest BCUT2D eigenvalue weighted by Crippen LogP contribution is -2.56. The highest BCUT2D eigenvalue weighted by atomic mass is 16.5. The zero-order chi connectivity index (χ0) is 14.2. The molecule has 2 aliphatic rings. The van der Waals surface area contributed by atoms with Gasteiger partial charge in [-0.2, -0.15) is 0 Å². The zero-order valence-corrected chi connectivity index (χ0v) is 12.6. The molecule has 0 saturated heterocycles. The highest BCUT2D eigenvalue weighted by Gasteiger charge is 2.55. The molecule has 2 fully saturated rings. The predicted molar refractivity (Wildman–Crippen MR) is 80.1 cm³/mol. The summed E-state index contributed by atoms with van der Waals surface area (Å²) in [5.74, 6) is 1.40. The van der Waals surface area contributed by atoms with Gasteiger partial charge in [0.25, 0.3) is 0 Å². The van der Waals surface area contributed by atoms with Crippen molar-refractivity contribution in [2.24, 2.45) is 5.41 Å². The van der Waals surface area contributed by atoms with E-state index in [1.54, 1.807) is 0 Å². The van der Waals surface area contributed by atoms with Gasteiger partial charge in [0.15, 0.2) is 0 Å². The second-order valence-corrected chi connectivity index (χ2v) is 6.50. The molecule has 0 aliphatic heterocycles. The van der Waals surface area contributed by atoms with E-state index in [9.17, 15) is 4.79 Å². The first kappa shape index (κ1) is 13.7. The first-order chi connectivity index (χ1) is 9.63. The maximum atomic E-state index is 12.2. The number of rotatable bonds is 2. The lowest BCUT2D eigenvalue weighted by atomic mass is 9.60. The van der Waals surface area contributed by atoms with Crippen molar-refractivity contribution >= 4 is 5.78 Å². The van der Waals surface area contributed by atoms with Crippen molar-refractivity contribution in [3.63, 3.8) is 0 Å². The second-order valence-electron chi connectivity index (χ2n) is 6.50. The summed E-state index contributed by atoms with van der Waals surface area (Å²) in [6.07, 6.45) is 7.66. The largest absolute Gasteiger partial charge is 0.489 e. The van der Waals surface area contributed by atoms with Gasteiger partial charge < -0.3 is 4.74 Å². The smallest absolute Gasteiger partial charge is 0.146 e. The number of hydrogen-bond acceptors (Lipinski definition) is 2. The Kier molecular flexibility index (Phi) is 3.57. The van der Waals surface area contributed by atoms with Crippen LogP contribution < -0.4 is 4.74 Å². The highest BCUT2D eigenvalue weighted by molar-refractivity contribution is 5.92. The van der Waals surface area contributed by atoms with Crippen LogP contribution in [0.25, 0.3) is 0 Å². The summed E-state index contributed by atoms with van der Waals surface area (Å²) >= 11 is 0. The van der Waals surface area contributed by atoms with Crippen LogP contribution in [0.15, 0.2) is 18.2 Å².